The minimum Gasteiger partial charge on any atom is -0.496 e. The quantitative estimate of drug-likeness (QED) is 0.389. The topological polar surface area (TPSA) is 99.5 Å². The van der Waals surface area contributed by atoms with Gasteiger partial charge in [0.25, 0.3) is 11.8 Å². The van der Waals surface area contributed by atoms with Crippen molar-refractivity contribution in [2.45, 2.75) is 20.4 Å². The van der Waals surface area contributed by atoms with Crippen LogP contribution in [0.2, 0.25) is 5.02 Å². The fourth-order valence-corrected chi connectivity index (χ4v) is 3.49. The standard InChI is InChI=1S/C25H24ClN3O5/c1-16-19(17(2)29(28-16)14-18-8-4-6-10-21(18)26)12-13-24(31)34-15-23(30)27-25(32)20-9-5-7-11-22(20)33-3/h4-13H,14-15H2,1-3H3,(H,27,30,32)/b13-12+. The number of ether oxygens (including phenoxy) is 2. The van der Waals surface area contributed by atoms with Crippen molar-refractivity contribution in [3.8, 4) is 5.75 Å². The Balaban J connectivity index is 1.57. The smallest absolute Gasteiger partial charge is 0.331 e. The van der Waals surface area contributed by atoms with Crippen molar-refractivity contribution in [3.05, 3.63) is 87.7 Å². The summed E-state index contributed by atoms with van der Waals surface area (Å²) < 4.78 is 11.9. The predicted octanol–water partition coefficient (Wildman–Crippen LogP) is 3.72. The molecular weight excluding hydrogens is 458 g/mol. The van der Waals surface area contributed by atoms with Crippen molar-refractivity contribution in [1.29, 1.82) is 0 Å². The Labute approximate surface area is 202 Å². The summed E-state index contributed by atoms with van der Waals surface area (Å²) in [6.45, 7) is 3.61. The van der Waals surface area contributed by atoms with Crippen LogP contribution in [0.5, 0.6) is 5.75 Å². The molecule has 0 saturated heterocycles. The number of hydrogen-bond acceptors (Lipinski definition) is 6. The third-order valence-corrected chi connectivity index (χ3v) is 5.42. The fourth-order valence-electron chi connectivity index (χ4n) is 3.29. The lowest BCUT2D eigenvalue weighted by atomic mass is 10.1. The Morgan fingerprint density at radius 2 is 1.79 bits per heavy atom. The van der Waals surface area contributed by atoms with Crippen LogP contribution in [-0.2, 0) is 20.9 Å². The molecule has 0 radical (unpaired) electrons. The number of aromatic nitrogens is 2. The summed E-state index contributed by atoms with van der Waals surface area (Å²) in [6, 6.07) is 14.0. The lowest BCUT2D eigenvalue weighted by Gasteiger charge is -2.08. The molecule has 3 rings (SSSR count). The number of nitrogens with one attached hydrogen (secondary N) is 1. The molecule has 0 aliphatic rings. The van der Waals surface area contributed by atoms with Crippen LogP contribution >= 0.6 is 11.6 Å². The second-order valence-corrected chi connectivity index (χ2v) is 7.76. The molecular formula is C25H24ClN3O5. The first-order chi connectivity index (χ1) is 16.3. The van der Waals surface area contributed by atoms with Gasteiger partial charge >= 0.3 is 5.97 Å². The van der Waals surface area contributed by atoms with E-state index in [9.17, 15) is 14.4 Å². The summed E-state index contributed by atoms with van der Waals surface area (Å²) in [6.07, 6.45) is 2.80. The molecule has 0 unspecified atom stereocenters. The first-order valence-electron chi connectivity index (χ1n) is 10.4. The minimum atomic E-state index is -0.752. The summed E-state index contributed by atoms with van der Waals surface area (Å²) in [5.41, 5.74) is 3.47. The highest BCUT2D eigenvalue weighted by atomic mass is 35.5. The van der Waals surface area contributed by atoms with Gasteiger partial charge in [0.1, 0.15) is 5.75 Å². The Hall–Kier alpha value is -3.91. The van der Waals surface area contributed by atoms with Gasteiger partial charge in [-0.1, -0.05) is 41.9 Å². The number of benzene rings is 2. The maximum Gasteiger partial charge on any atom is 0.331 e. The lowest BCUT2D eigenvalue weighted by Crippen LogP contribution is -2.34. The lowest BCUT2D eigenvalue weighted by molar-refractivity contribution is -0.143. The van der Waals surface area contributed by atoms with Crippen molar-refractivity contribution in [2.75, 3.05) is 13.7 Å². The Bertz CT molecular complexity index is 1250. The normalized spacial score (nSPS) is 10.8. The average Bonchev–Trinajstić information content (AvgIpc) is 3.09. The largest absolute Gasteiger partial charge is 0.496 e. The fraction of sp³-hybridized carbons (Fsp3) is 0.200. The molecule has 1 N–H and O–H groups in total. The molecule has 34 heavy (non-hydrogen) atoms. The van der Waals surface area contributed by atoms with Gasteiger partial charge in [-0.05, 0) is 43.7 Å². The molecule has 3 aromatic rings. The average molecular weight is 482 g/mol. The van der Waals surface area contributed by atoms with Crippen molar-refractivity contribution >= 4 is 35.5 Å². The third-order valence-electron chi connectivity index (χ3n) is 5.05. The number of nitrogens with zero attached hydrogens (tertiary/aromatic N) is 2. The van der Waals surface area contributed by atoms with E-state index in [1.54, 1.807) is 29.0 Å². The van der Waals surface area contributed by atoms with Crippen LogP contribution in [0.1, 0.15) is 32.9 Å². The Morgan fingerprint density at radius 1 is 1.09 bits per heavy atom. The zero-order chi connectivity index (χ0) is 24.7. The minimum absolute atomic E-state index is 0.198. The number of methoxy groups -OCH3 is 1. The molecule has 9 heteroatoms. The van der Waals surface area contributed by atoms with Crippen LogP contribution < -0.4 is 10.1 Å². The van der Waals surface area contributed by atoms with Gasteiger partial charge in [0, 0.05) is 22.4 Å². The van der Waals surface area contributed by atoms with Gasteiger partial charge in [-0.3, -0.25) is 19.6 Å². The first kappa shape index (κ1) is 24.7. The van der Waals surface area contributed by atoms with Crippen LogP contribution in [-0.4, -0.2) is 41.3 Å². The summed E-state index contributed by atoms with van der Waals surface area (Å²) in [5, 5.41) is 7.33. The number of imide groups is 1. The maximum absolute atomic E-state index is 12.2. The van der Waals surface area contributed by atoms with Gasteiger partial charge in [-0.15, -0.1) is 0 Å². The van der Waals surface area contributed by atoms with Crippen molar-refractivity contribution < 1.29 is 23.9 Å². The van der Waals surface area contributed by atoms with Crippen LogP contribution in [0, 0.1) is 13.8 Å². The number of halogens is 1. The molecule has 0 atom stereocenters. The van der Waals surface area contributed by atoms with Gasteiger partial charge in [-0.2, -0.15) is 5.10 Å². The second-order valence-electron chi connectivity index (χ2n) is 7.35. The van der Waals surface area contributed by atoms with Crippen LogP contribution in [0.4, 0.5) is 0 Å². The number of esters is 1. The molecule has 8 nitrogen and oxygen atoms in total. The molecule has 0 aliphatic carbocycles. The van der Waals surface area contributed by atoms with E-state index < -0.39 is 24.4 Å². The van der Waals surface area contributed by atoms with E-state index in [1.807, 2.05) is 38.1 Å². The van der Waals surface area contributed by atoms with Gasteiger partial charge in [-0.25, -0.2) is 4.79 Å². The summed E-state index contributed by atoms with van der Waals surface area (Å²) >= 11 is 6.24. The van der Waals surface area contributed by atoms with E-state index in [-0.39, 0.29) is 5.56 Å². The van der Waals surface area contributed by atoms with Gasteiger partial charge in [0.15, 0.2) is 6.61 Å². The molecule has 0 fully saturated rings. The van der Waals surface area contributed by atoms with E-state index in [0.717, 1.165) is 22.5 Å². The molecule has 1 heterocycles. The van der Waals surface area contributed by atoms with E-state index in [4.69, 9.17) is 21.1 Å². The van der Waals surface area contributed by atoms with E-state index >= 15 is 0 Å². The molecule has 2 amide bonds. The van der Waals surface area contributed by atoms with E-state index in [2.05, 4.69) is 10.4 Å². The number of aryl methyl sites for hydroxylation is 1. The maximum atomic E-state index is 12.2. The Kier molecular flexibility index (Phi) is 8.21. The molecule has 176 valence electrons. The number of para-hydroxylation sites is 1. The second kappa shape index (κ2) is 11.3. The summed E-state index contributed by atoms with van der Waals surface area (Å²) in [7, 11) is 1.42. The SMILES string of the molecule is COc1ccccc1C(=O)NC(=O)COC(=O)/C=C/c1c(C)nn(Cc2ccccc2Cl)c1C. The number of amides is 2. The van der Waals surface area contributed by atoms with Crippen molar-refractivity contribution in [2.24, 2.45) is 0 Å². The first-order valence-corrected chi connectivity index (χ1v) is 10.8. The highest BCUT2D eigenvalue weighted by molar-refractivity contribution is 6.31. The van der Waals surface area contributed by atoms with E-state index in [0.29, 0.717) is 17.3 Å². The number of carbonyl (C=O) groups is 3. The predicted molar refractivity (Wildman–Crippen MR) is 128 cm³/mol. The molecule has 0 bridgehead atoms. The zero-order valence-electron chi connectivity index (χ0n) is 19.0. The third kappa shape index (κ3) is 6.11. The molecule has 2 aromatic carbocycles. The number of hydrogen-bond donors (Lipinski definition) is 1. The van der Waals surface area contributed by atoms with Crippen LogP contribution in [0.15, 0.2) is 54.6 Å². The molecule has 1 aromatic heterocycles. The monoisotopic (exact) mass is 481 g/mol. The number of rotatable bonds is 8. The van der Waals surface area contributed by atoms with E-state index in [1.165, 1.54) is 19.3 Å². The highest BCUT2D eigenvalue weighted by Crippen LogP contribution is 2.20. The Morgan fingerprint density at radius 3 is 2.53 bits per heavy atom. The van der Waals surface area contributed by atoms with Gasteiger partial charge < -0.3 is 9.47 Å². The van der Waals surface area contributed by atoms with Crippen molar-refractivity contribution in [3.63, 3.8) is 0 Å². The summed E-state index contributed by atoms with van der Waals surface area (Å²) in [4.78, 5) is 36.4. The van der Waals surface area contributed by atoms with Crippen LogP contribution in [0.3, 0.4) is 0 Å². The van der Waals surface area contributed by atoms with Crippen LogP contribution in [0.25, 0.3) is 6.08 Å². The molecule has 0 spiro atoms. The summed E-state index contributed by atoms with van der Waals surface area (Å²) in [5.74, 6) is -1.80. The molecule has 0 saturated carbocycles. The highest BCUT2D eigenvalue weighted by Gasteiger charge is 2.16. The number of carbonyl (C=O) groups excluding carboxylic acids is 3. The van der Waals surface area contributed by atoms with Gasteiger partial charge in [0.05, 0.1) is 24.9 Å². The van der Waals surface area contributed by atoms with Crippen molar-refractivity contribution in [1.82, 2.24) is 15.1 Å². The molecule has 0 aliphatic heterocycles. The van der Waals surface area contributed by atoms with Gasteiger partial charge in [0.2, 0.25) is 0 Å². The zero-order valence-corrected chi connectivity index (χ0v) is 19.8.